The molecule has 0 aliphatic heterocycles. The molecule has 0 fully saturated rings. The van der Waals surface area contributed by atoms with Crippen LogP contribution >= 0.6 is 0 Å². The van der Waals surface area contributed by atoms with E-state index < -0.39 is 17.4 Å². The largest absolute Gasteiger partial charge is 0.368 e. The van der Waals surface area contributed by atoms with Crippen LogP contribution in [0.25, 0.3) is 0 Å². The van der Waals surface area contributed by atoms with Crippen LogP contribution in [0.2, 0.25) is 0 Å². The van der Waals surface area contributed by atoms with Gasteiger partial charge in [0.05, 0.1) is 5.56 Å². The van der Waals surface area contributed by atoms with Gasteiger partial charge in [0, 0.05) is 18.0 Å². The fourth-order valence-corrected chi connectivity index (χ4v) is 1.62. The van der Waals surface area contributed by atoms with Crippen molar-refractivity contribution in [1.29, 1.82) is 0 Å². The molecule has 0 bridgehead atoms. The summed E-state index contributed by atoms with van der Waals surface area (Å²) in [6, 6.07) is 5.87. The maximum absolute atomic E-state index is 13.1. The van der Waals surface area contributed by atoms with E-state index in [1.165, 1.54) is 38.4 Å². The minimum Gasteiger partial charge on any atom is -0.368 e. The van der Waals surface area contributed by atoms with Crippen molar-refractivity contribution >= 4 is 11.8 Å². The SMILES string of the molecule is CC(C)(NC(=O)c1ncc(C#Cc2cccc(F)c2)cn1)C(N)=O. The fourth-order valence-electron chi connectivity index (χ4n) is 1.62. The van der Waals surface area contributed by atoms with E-state index in [9.17, 15) is 14.0 Å². The van der Waals surface area contributed by atoms with Gasteiger partial charge in [0.25, 0.3) is 5.91 Å². The average Bonchev–Trinajstić information content (AvgIpc) is 2.53. The molecular weight excluding hydrogens is 311 g/mol. The third-order valence-electron chi connectivity index (χ3n) is 3.07. The summed E-state index contributed by atoms with van der Waals surface area (Å²) < 4.78 is 13.1. The number of carbonyl (C=O) groups excluding carboxylic acids is 2. The van der Waals surface area contributed by atoms with Gasteiger partial charge in [-0.15, -0.1) is 0 Å². The number of primary amides is 1. The van der Waals surface area contributed by atoms with Crippen LogP contribution in [0.5, 0.6) is 0 Å². The number of nitrogens with one attached hydrogen (secondary N) is 1. The van der Waals surface area contributed by atoms with Crippen LogP contribution in [0, 0.1) is 17.7 Å². The molecule has 0 spiro atoms. The monoisotopic (exact) mass is 326 g/mol. The summed E-state index contributed by atoms with van der Waals surface area (Å²) in [6.07, 6.45) is 2.73. The van der Waals surface area contributed by atoms with Crippen LogP contribution < -0.4 is 11.1 Å². The van der Waals surface area contributed by atoms with Crippen molar-refractivity contribution in [3.8, 4) is 11.8 Å². The normalized spacial score (nSPS) is 10.5. The molecule has 2 rings (SSSR count). The van der Waals surface area contributed by atoms with Gasteiger partial charge in [-0.25, -0.2) is 14.4 Å². The molecule has 0 radical (unpaired) electrons. The molecule has 2 amide bonds. The lowest BCUT2D eigenvalue weighted by molar-refractivity contribution is -0.122. The maximum Gasteiger partial charge on any atom is 0.289 e. The molecule has 1 aromatic heterocycles. The molecule has 2 aromatic rings. The van der Waals surface area contributed by atoms with Gasteiger partial charge in [0.2, 0.25) is 11.7 Å². The summed E-state index contributed by atoms with van der Waals surface area (Å²) in [4.78, 5) is 31.0. The molecule has 1 heterocycles. The predicted molar refractivity (Wildman–Crippen MR) is 85.2 cm³/mol. The first kappa shape index (κ1) is 17.1. The Bertz CT molecular complexity index is 836. The van der Waals surface area contributed by atoms with Gasteiger partial charge < -0.3 is 11.1 Å². The molecule has 7 heteroatoms. The lowest BCUT2D eigenvalue weighted by atomic mass is 10.1. The number of hydrogen-bond acceptors (Lipinski definition) is 4. The Kier molecular flexibility index (Phi) is 4.90. The minimum atomic E-state index is -1.21. The second kappa shape index (κ2) is 6.87. The number of nitrogens with zero attached hydrogens (tertiary/aromatic N) is 2. The smallest absolute Gasteiger partial charge is 0.289 e. The molecule has 6 nitrogen and oxygen atoms in total. The highest BCUT2D eigenvalue weighted by atomic mass is 19.1. The lowest BCUT2D eigenvalue weighted by Gasteiger charge is -2.21. The van der Waals surface area contributed by atoms with Crippen LogP contribution in [-0.4, -0.2) is 27.3 Å². The molecule has 0 saturated heterocycles. The van der Waals surface area contributed by atoms with Crippen LogP contribution in [0.4, 0.5) is 4.39 Å². The standard InChI is InChI=1S/C17H15FN4O2/c1-17(2,16(19)24)22-15(23)14-20-9-12(10-21-14)7-6-11-4-3-5-13(18)8-11/h3-5,8-10H,1-2H3,(H2,19,24)(H,22,23). The Morgan fingerprint density at radius 2 is 1.79 bits per heavy atom. The summed E-state index contributed by atoms with van der Waals surface area (Å²) in [5, 5.41) is 2.44. The van der Waals surface area contributed by atoms with E-state index in [4.69, 9.17) is 5.73 Å². The number of hydrogen-bond donors (Lipinski definition) is 2. The quantitative estimate of drug-likeness (QED) is 0.823. The van der Waals surface area contributed by atoms with E-state index in [1.807, 2.05) is 0 Å². The Labute approximate surface area is 138 Å². The van der Waals surface area contributed by atoms with Crippen molar-refractivity contribution in [1.82, 2.24) is 15.3 Å². The number of halogens is 1. The summed E-state index contributed by atoms with van der Waals surface area (Å²) >= 11 is 0. The van der Waals surface area contributed by atoms with E-state index in [2.05, 4.69) is 27.1 Å². The van der Waals surface area contributed by atoms with Crippen molar-refractivity contribution in [2.45, 2.75) is 19.4 Å². The molecule has 0 atom stereocenters. The average molecular weight is 326 g/mol. The minimum absolute atomic E-state index is 0.111. The first-order valence-corrected chi connectivity index (χ1v) is 7.00. The van der Waals surface area contributed by atoms with Gasteiger partial charge in [-0.05, 0) is 32.0 Å². The van der Waals surface area contributed by atoms with E-state index >= 15 is 0 Å². The molecule has 0 unspecified atom stereocenters. The summed E-state index contributed by atoms with van der Waals surface area (Å²) in [5.41, 5.74) is 4.95. The molecule has 0 saturated carbocycles. The second-order valence-electron chi connectivity index (χ2n) is 5.50. The topological polar surface area (TPSA) is 98.0 Å². The first-order chi connectivity index (χ1) is 11.3. The highest BCUT2D eigenvalue weighted by Crippen LogP contribution is 2.04. The van der Waals surface area contributed by atoms with Crippen molar-refractivity contribution in [2.24, 2.45) is 5.73 Å². The van der Waals surface area contributed by atoms with Gasteiger partial charge in [0.15, 0.2) is 0 Å². The van der Waals surface area contributed by atoms with Gasteiger partial charge in [-0.2, -0.15) is 0 Å². The van der Waals surface area contributed by atoms with E-state index in [0.29, 0.717) is 11.1 Å². The Balaban J connectivity index is 2.11. The molecule has 3 N–H and O–H groups in total. The second-order valence-corrected chi connectivity index (χ2v) is 5.50. The predicted octanol–water partition coefficient (Wildman–Crippen LogP) is 1.01. The zero-order valence-corrected chi connectivity index (χ0v) is 13.1. The van der Waals surface area contributed by atoms with E-state index in [0.717, 1.165) is 0 Å². The summed E-state index contributed by atoms with van der Waals surface area (Å²) in [6.45, 7) is 2.96. The van der Waals surface area contributed by atoms with Crippen molar-refractivity contribution in [3.05, 3.63) is 59.4 Å². The summed E-state index contributed by atoms with van der Waals surface area (Å²) in [5.74, 6) is 3.77. The van der Waals surface area contributed by atoms with Crippen molar-refractivity contribution < 1.29 is 14.0 Å². The maximum atomic E-state index is 13.1. The lowest BCUT2D eigenvalue weighted by Crippen LogP contribution is -2.53. The first-order valence-electron chi connectivity index (χ1n) is 7.00. The van der Waals surface area contributed by atoms with E-state index in [-0.39, 0.29) is 11.6 Å². The van der Waals surface area contributed by atoms with Gasteiger partial charge >= 0.3 is 0 Å². The highest BCUT2D eigenvalue weighted by Gasteiger charge is 2.28. The van der Waals surface area contributed by atoms with Crippen molar-refractivity contribution in [2.75, 3.05) is 0 Å². The van der Waals surface area contributed by atoms with Crippen LogP contribution in [0.15, 0.2) is 36.7 Å². The van der Waals surface area contributed by atoms with Crippen LogP contribution in [0.1, 0.15) is 35.6 Å². The third kappa shape index (κ3) is 4.36. The van der Waals surface area contributed by atoms with Gasteiger partial charge in [0.1, 0.15) is 11.4 Å². The summed E-state index contributed by atoms with van der Waals surface area (Å²) in [7, 11) is 0. The number of aromatic nitrogens is 2. The molecule has 0 aliphatic rings. The Hall–Kier alpha value is -3.27. The zero-order chi connectivity index (χ0) is 17.7. The number of benzene rings is 1. The number of carbonyl (C=O) groups is 2. The molecular formula is C17H15FN4O2. The molecule has 0 aliphatic carbocycles. The molecule has 1 aromatic carbocycles. The number of nitrogens with two attached hydrogens (primary N) is 1. The van der Waals surface area contributed by atoms with Gasteiger partial charge in [-0.3, -0.25) is 9.59 Å². The fraction of sp³-hybridized carbons (Fsp3) is 0.176. The van der Waals surface area contributed by atoms with Gasteiger partial charge in [-0.1, -0.05) is 17.9 Å². The van der Waals surface area contributed by atoms with Crippen molar-refractivity contribution in [3.63, 3.8) is 0 Å². The van der Waals surface area contributed by atoms with Crippen LogP contribution in [-0.2, 0) is 4.79 Å². The third-order valence-corrected chi connectivity index (χ3v) is 3.07. The zero-order valence-electron chi connectivity index (χ0n) is 13.1. The highest BCUT2D eigenvalue weighted by molar-refractivity contribution is 5.96. The Morgan fingerprint density at radius 3 is 2.38 bits per heavy atom. The molecule has 24 heavy (non-hydrogen) atoms. The Morgan fingerprint density at radius 1 is 1.17 bits per heavy atom. The number of amides is 2. The molecule has 122 valence electrons. The van der Waals surface area contributed by atoms with Crippen LogP contribution in [0.3, 0.4) is 0 Å². The number of rotatable bonds is 3. The van der Waals surface area contributed by atoms with E-state index in [1.54, 1.807) is 12.1 Å².